The first kappa shape index (κ1) is 20.5. The van der Waals surface area contributed by atoms with Gasteiger partial charge in [0.1, 0.15) is 17.7 Å². The maximum Gasteiger partial charge on any atom is 0.229 e. The van der Waals surface area contributed by atoms with E-state index in [0.717, 1.165) is 23.5 Å². The molecule has 5 aromatic rings. The van der Waals surface area contributed by atoms with Gasteiger partial charge in [0, 0.05) is 47.3 Å². The fourth-order valence-corrected chi connectivity index (χ4v) is 4.80. The highest BCUT2D eigenvalue weighted by molar-refractivity contribution is 6.30. The molecular weight excluding hydrogens is 464 g/mol. The van der Waals surface area contributed by atoms with Crippen LogP contribution >= 0.6 is 11.6 Å². The summed E-state index contributed by atoms with van der Waals surface area (Å²) in [5.41, 5.74) is 5.19. The molecule has 0 aromatic carbocycles. The topological polar surface area (TPSA) is 103 Å². The molecule has 5 aromatic heterocycles. The number of pyridine rings is 3. The Kier molecular flexibility index (Phi) is 4.60. The molecule has 7 rings (SSSR count). The quantitative estimate of drug-likeness (QED) is 0.387. The van der Waals surface area contributed by atoms with Crippen LogP contribution in [0.1, 0.15) is 48.0 Å². The number of hydrogen-bond acceptors (Lipinski definition) is 6. The van der Waals surface area contributed by atoms with Gasteiger partial charge in [0.05, 0.1) is 5.69 Å². The van der Waals surface area contributed by atoms with Gasteiger partial charge in [0.2, 0.25) is 5.91 Å². The summed E-state index contributed by atoms with van der Waals surface area (Å²) in [6.07, 6.45) is 10.7. The molecule has 1 N–H and O–H groups in total. The summed E-state index contributed by atoms with van der Waals surface area (Å²) in [4.78, 5) is 27.9. The lowest BCUT2D eigenvalue weighted by atomic mass is 10.2. The van der Waals surface area contributed by atoms with Crippen LogP contribution < -0.4 is 5.32 Å². The SMILES string of the molecule is O=C(Nc1nccc2nn(Cc3cn4cc(C5CC5)ccc4n3)nc12)[C@H]1C[C@@H]1c1cc(Cl)ccn1. The van der Waals surface area contributed by atoms with Gasteiger partial charge in [-0.1, -0.05) is 17.7 Å². The largest absolute Gasteiger partial charge is 0.309 e. The molecule has 9 nitrogen and oxygen atoms in total. The third kappa shape index (κ3) is 3.91. The molecule has 0 bridgehead atoms. The van der Waals surface area contributed by atoms with Crippen molar-refractivity contribution >= 4 is 40.0 Å². The van der Waals surface area contributed by atoms with Crippen LogP contribution in [0.3, 0.4) is 0 Å². The maximum absolute atomic E-state index is 12.9. The van der Waals surface area contributed by atoms with Crippen molar-refractivity contribution in [1.29, 1.82) is 0 Å². The molecule has 35 heavy (non-hydrogen) atoms. The summed E-state index contributed by atoms with van der Waals surface area (Å²) in [6, 6.07) is 9.56. The molecule has 5 heterocycles. The van der Waals surface area contributed by atoms with Crippen LogP contribution in [0.15, 0.2) is 55.1 Å². The molecule has 0 aliphatic heterocycles. The van der Waals surface area contributed by atoms with Crippen molar-refractivity contribution in [3.05, 3.63) is 77.1 Å². The number of hydrogen-bond donors (Lipinski definition) is 1. The lowest BCUT2D eigenvalue weighted by Crippen LogP contribution is -2.16. The molecule has 2 aliphatic rings. The second kappa shape index (κ2) is 7.84. The zero-order valence-corrected chi connectivity index (χ0v) is 19.4. The highest BCUT2D eigenvalue weighted by atomic mass is 35.5. The Morgan fingerprint density at radius 3 is 2.83 bits per heavy atom. The van der Waals surface area contributed by atoms with Crippen LogP contribution in [-0.2, 0) is 11.3 Å². The van der Waals surface area contributed by atoms with Crippen LogP contribution in [0.2, 0.25) is 5.02 Å². The smallest absolute Gasteiger partial charge is 0.229 e. The molecule has 2 atom stereocenters. The average Bonchev–Trinajstić information content (AvgIpc) is 3.76. The molecule has 10 heteroatoms. The van der Waals surface area contributed by atoms with Gasteiger partial charge in [-0.2, -0.15) is 9.90 Å². The minimum absolute atomic E-state index is 0.0686. The van der Waals surface area contributed by atoms with E-state index < -0.39 is 0 Å². The number of imidazole rings is 1. The fourth-order valence-electron chi connectivity index (χ4n) is 4.63. The van der Waals surface area contributed by atoms with Crippen molar-refractivity contribution in [2.24, 2.45) is 5.92 Å². The van der Waals surface area contributed by atoms with Gasteiger partial charge in [-0.05, 0) is 55.0 Å². The number of nitrogens with one attached hydrogen (secondary N) is 1. The van der Waals surface area contributed by atoms with Gasteiger partial charge in [-0.25, -0.2) is 9.97 Å². The van der Waals surface area contributed by atoms with E-state index in [1.54, 1.807) is 29.3 Å². The molecule has 2 fully saturated rings. The highest BCUT2D eigenvalue weighted by Gasteiger charge is 2.45. The Labute approximate surface area is 205 Å². The monoisotopic (exact) mass is 484 g/mol. The Hall–Kier alpha value is -3.85. The number of carbonyl (C=O) groups is 1. The van der Waals surface area contributed by atoms with Crippen molar-refractivity contribution in [3.63, 3.8) is 0 Å². The van der Waals surface area contributed by atoms with Crippen LogP contribution in [0, 0.1) is 5.92 Å². The summed E-state index contributed by atoms with van der Waals surface area (Å²) in [5, 5.41) is 12.7. The Morgan fingerprint density at radius 1 is 1.09 bits per heavy atom. The first-order valence-corrected chi connectivity index (χ1v) is 12.1. The van der Waals surface area contributed by atoms with E-state index in [2.05, 4.69) is 48.2 Å². The lowest BCUT2D eigenvalue weighted by molar-refractivity contribution is -0.117. The minimum atomic E-state index is -0.161. The Morgan fingerprint density at radius 2 is 1.97 bits per heavy atom. The van der Waals surface area contributed by atoms with Gasteiger partial charge in [0.25, 0.3) is 0 Å². The second-order valence-corrected chi connectivity index (χ2v) is 9.77. The van der Waals surface area contributed by atoms with Crippen molar-refractivity contribution in [1.82, 2.24) is 34.3 Å². The number of halogens is 1. The molecule has 0 radical (unpaired) electrons. The average molecular weight is 485 g/mol. The third-order valence-corrected chi connectivity index (χ3v) is 6.94. The zero-order valence-electron chi connectivity index (χ0n) is 18.7. The number of fused-ring (bicyclic) bond motifs is 2. The summed E-state index contributed by atoms with van der Waals surface area (Å²) in [5.74, 6) is 0.911. The predicted molar refractivity (Wildman–Crippen MR) is 130 cm³/mol. The second-order valence-electron chi connectivity index (χ2n) is 9.33. The van der Waals surface area contributed by atoms with Crippen molar-refractivity contribution in [2.45, 2.75) is 37.6 Å². The molecule has 2 saturated carbocycles. The summed E-state index contributed by atoms with van der Waals surface area (Å²) >= 11 is 6.07. The summed E-state index contributed by atoms with van der Waals surface area (Å²) in [7, 11) is 0. The van der Waals surface area contributed by atoms with Gasteiger partial charge < -0.3 is 9.72 Å². The van der Waals surface area contributed by atoms with Crippen LogP contribution in [0.25, 0.3) is 16.7 Å². The molecule has 174 valence electrons. The van der Waals surface area contributed by atoms with E-state index in [-0.39, 0.29) is 17.7 Å². The Balaban J connectivity index is 1.09. The normalized spacial score (nSPS) is 19.3. The van der Waals surface area contributed by atoms with E-state index in [9.17, 15) is 4.79 Å². The van der Waals surface area contributed by atoms with Crippen molar-refractivity contribution in [2.75, 3.05) is 5.32 Å². The van der Waals surface area contributed by atoms with E-state index in [1.165, 1.54) is 18.4 Å². The first-order chi connectivity index (χ1) is 17.1. The van der Waals surface area contributed by atoms with Crippen LogP contribution in [-0.4, -0.2) is 40.3 Å². The summed E-state index contributed by atoms with van der Waals surface area (Å²) in [6.45, 7) is 0.424. The van der Waals surface area contributed by atoms with Crippen LogP contribution in [0.4, 0.5) is 5.82 Å². The van der Waals surface area contributed by atoms with Crippen molar-refractivity contribution < 1.29 is 4.79 Å². The van der Waals surface area contributed by atoms with Gasteiger partial charge in [0.15, 0.2) is 11.3 Å². The maximum atomic E-state index is 12.9. The van der Waals surface area contributed by atoms with E-state index >= 15 is 0 Å². The zero-order chi connectivity index (χ0) is 23.5. The number of aromatic nitrogens is 7. The van der Waals surface area contributed by atoms with Crippen LogP contribution in [0.5, 0.6) is 0 Å². The third-order valence-electron chi connectivity index (χ3n) is 6.71. The van der Waals surface area contributed by atoms with Gasteiger partial charge in [-0.3, -0.25) is 9.78 Å². The molecule has 0 saturated heterocycles. The van der Waals surface area contributed by atoms with Gasteiger partial charge >= 0.3 is 0 Å². The van der Waals surface area contributed by atoms with Gasteiger partial charge in [-0.15, -0.1) is 5.10 Å². The number of carbonyl (C=O) groups excluding carboxylic acids is 1. The van der Waals surface area contributed by atoms with E-state index in [4.69, 9.17) is 16.6 Å². The fraction of sp³-hybridized carbons (Fsp3) is 0.280. The highest BCUT2D eigenvalue weighted by Crippen LogP contribution is 2.47. The lowest BCUT2D eigenvalue weighted by Gasteiger charge is -2.04. The van der Waals surface area contributed by atoms with E-state index in [1.807, 2.05) is 12.3 Å². The standard InChI is InChI=1S/C25H21ClN8O/c26-16-5-7-27-21(9-16)18-10-19(18)25(35)30-24-23-20(6-8-28-24)31-34(32-23)13-17-12-33-11-15(14-1-2-14)3-4-22(33)29-17/h3-9,11-12,14,18-19H,1-2,10,13H2,(H,28,30,35)/t18-,19-/m0/s1. The number of anilines is 1. The minimum Gasteiger partial charge on any atom is -0.309 e. The van der Waals surface area contributed by atoms with E-state index in [0.29, 0.717) is 34.3 Å². The molecule has 1 amide bonds. The Bertz CT molecular complexity index is 1600. The number of nitrogens with zero attached hydrogens (tertiary/aromatic N) is 7. The first-order valence-electron chi connectivity index (χ1n) is 11.7. The van der Waals surface area contributed by atoms with Crippen molar-refractivity contribution in [3.8, 4) is 0 Å². The molecule has 0 unspecified atom stereocenters. The molecule has 2 aliphatic carbocycles. The molecule has 0 spiro atoms. The summed E-state index contributed by atoms with van der Waals surface area (Å²) < 4.78 is 2.07. The molecular formula is C25H21ClN8O. The number of amides is 1. The predicted octanol–water partition coefficient (Wildman–Crippen LogP) is 4.19. The number of rotatable bonds is 6.